The van der Waals surface area contributed by atoms with Crippen LogP contribution in [0.3, 0.4) is 0 Å². The number of amides is 1. The fraction of sp³-hybridized carbons (Fsp3) is 0.611. The molecule has 3 rings (SSSR count). The molecule has 2 N–H and O–H groups in total. The molecule has 2 atom stereocenters. The molecule has 1 aromatic rings. The lowest BCUT2D eigenvalue weighted by molar-refractivity contribution is -0.131. The molecular formula is C18H27N3O. The zero-order valence-electron chi connectivity index (χ0n) is 13.4. The first-order valence-corrected chi connectivity index (χ1v) is 8.46. The molecule has 1 heterocycles. The highest BCUT2D eigenvalue weighted by molar-refractivity contribution is 5.81. The molecule has 0 spiro atoms. The summed E-state index contributed by atoms with van der Waals surface area (Å²) in [5, 5.41) is 0. The number of hydrogen-bond donors (Lipinski definition) is 1. The SMILES string of the molecule is C[C@H](N)C(=O)N1CC[C@H](CN(Cc2ccccc2)C2CC2)C1. The summed E-state index contributed by atoms with van der Waals surface area (Å²) in [7, 11) is 0. The number of hydrogen-bond acceptors (Lipinski definition) is 3. The van der Waals surface area contributed by atoms with Gasteiger partial charge in [-0.05, 0) is 37.7 Å². The highest BCUT2D eigenvalue weighted by Crippen LogP contribution is 2.30. The van der Waals surface area contributed by atoms with Gasteiger partial charge in [-0.25, -0.2) is 0 Å². The summed E-state index contributed by atoms with van der Waals surface area (Å²) in [5.41, 5.74) is 7.11. The molecule has 0 radical (unpaired) electrons. The maximum atomic E-state index is 12.0. The first kappa shape index (κ1) is 15.5. The molecule has 1 aliphatic heterocycles. The second-order valence-corrected chi connectivity index (χ2v) is 6.87. The van der Waals surface area contributed by atoms with Crippen molar-refractivity contribution < 1.29 is 4.79 Å². The van der Waals surface area contributed by atoms with Crippen LogP contribution in [0.15, 0.2) is 30.3 Å². The molecule has 1 aliphatic carbocycles. The van der Waals surface area contributed by atoms with Crippen molar-refractivity contribution in [2.24, 2.45) is 11.7 Å². The Balaban J connectivity index is 1.55. The van der Waals surface area contributed by atoms with E-state index in [0.29, 0.717) is 5.92 Å². The van der Waals surface area contributed by atoms with Crippen LogP contribution in [0.5, 0.6) is 0 Å². The summed E-state index contributed by atoms with van der Waals surface area (Å²) in [6, 6.07) is 11.1. The average molecular weight is 301 g/mol. The number of nitrogens with two attached hydrogens (primary N) is 1. The zero-order chi connectivity index (χ0) is 15.5. The first-order valence-electron chi connectivity index (χ1n) is 8.46. The van der Waals surface area contributed by atoms with Crippen molar-refractivity contribution in [3.05, 3.63) is 35.9 Å². The van der Waals surface area contributed by atoms with Gasteiger partial charge in [0.05, 0.1) is 6.04 Å². The standard InChI is InChI=1S/C18H27N3O/c1-14(19)18(22)20-10-9-16(12-20)13-21(17-7-8-17)11-15-5-3-2-4-6-15/h2-6,14,16-17H,7-13,19H2,1H3/t14-,16-/m0/s1. The van der Waals surface area contributed by atoms with Crippen LogP contribution in [-0.4, -0.2) is 47.4 Å². The Hall–Kier alpha value is -1.39. The largest absolute Gasteiger partial charge is 0.341 e. The predicted octanol–water partition coefficient (Wildman–Crippen LogP) is 1.85. The Morgan fingerprint density at radius 3 is 2.68 bits per heavy atom. The van der Waals surface area contributed by atoms with Crippen LogP contribution >= 0.6 is 0 Å². The summed E-state index contributed by atoms with van der Waals surface area (Å²) in [4.78, 5) is 16.6. The molecular weight excluding hydrogens is 274 g/mol. The van der Waals surface area contributed by atoms with Gasteiger partial charge in [0, 0.05) is 32.2 Å². The van der Waals surface area contributed by atoms with Crippen LogP contribution in [0.25, 0.3) is 0 Å². The number of likely N-dealkylation sites (tertiary alicyclic amines) is 1. The minimum absolute atomic E-state index is 0.100. The number of carbonyl (C=O) groups is 1. The average Bonchev–Trinajstić information content (AvgIpc) is 3.27. The van der Waals surface area contributed by atoms with E-state index in [-0.39, 0.29) is 11.9 Å². The summed E-state index contributed by atoms with van der Waals surface area (Å²) in [6.45, 7) is 5.65. The lowest BCUT2D eigenvalue weighted by Crippen LogP contribution is -2.41. The van der Waals surface area contributed by atoms with E-state index < -0.39 is 0 Å². The topological polar surface area (TPSA) is 49.6 Å². The highest BCUT2D eigenvalue weighted by atomic mass is 16.2. The Morgan fingerprint density at radius 1 is 1.32 bits per heavy atom. The van der Waals surface area contributed by atoms with Crippen molar-refractivity contribution in [2.45, 2.75) is 44.8 Å². The van der Waals surface area contributed by atoms with Crippen LogP contribution in [0.2, 0.25) is 0 Å². The van der Waals surface area contributed by atoms with Crippen LogP contribution in [0.1, 0.15) is 31.7 Å². The first-order chi connectivity index (χ1) is 10.6. The summed E-state index contributed by atoms with van der Waals surface area (Å²) in [5.74, 6) is 0.690. The van der Waals surface area contributed by atoms with Gasteiger partial charge in [0.15, 0.2) is 0 Å². The number of carbonyl (C=O) groups excluding carboxylic acids is 1. The summed E-state index contributed by atoms with van der Waals surface area (Å²) < 4.78 is 0. The fourth-order valence-corrected chi connectivity index (χ4v) is 3.40. The third kappa shape index (κ3) is 3.87. The smallest absolute Gasteiger partial charge is 0.239 e. The summed E-state index contributed by atoms with van der Waals surface area (Å²) >= 11 is 0. The maximum absolute atomic E-state index is 12.0. The molecule has 1 saturated carbocycles. The Morgan fingerprint density at radius 2 is 2.05 bits per heavy atom. The second kappa shape index (κ2) is 6.80. The molecule has 1 aromatic carbocycles. The molecule has 0 aromatic heterocycles. The van der Waals surface area contributed by atoms with Gasteiger partial charge in [0.2, 0.25) is 5.91 Å². The van der Waals surface area contributed by atoms with Gasteiger partial charge in [-0.1, -0.05) is 30.3 Å². The second-order valence-electron chi connectivity index (χ2n) is 6.87. The molecule has 1 amide bonds. The van der Waals surface area contributed by atoms with Crippen molar-refractivity contribution in [3.63, 3.8) is 0 Å². The zero-order valence-corrected chi connectivity index (χ0v) is 13.4. The maximum Gasteiger partial charge on any atom is 0.239 e. The van der Waals surface area contributed by atoms with Crippen LogP contribution in [0.4, 0.5) is 0 Å². The molecule has 120 valence electrons. The third-order valence-electron chi connectivity index (χ3n) is 4.77. The molecule has 4 heteroatoms. The van der Waals surface area contributed by atoms with Crippen molar-refractivity contribution in [3.8, 4) is 0 Å². The molecule has 0 unspecified atom stereocenters. The van der Waals surface area contributed by atoms with Gasteiger partial charge in [-0.2, -0.15) is 0 Å². The Bertz CT molecular complexity index is 498. The third-order valence-corrected chi connectivity index (χ3v) is 4.77. The molecule has 2 aliphatic rings. The molecule has 22 heavy (non-hydrogen) atoms. The quantitative estimate of drug-likeness (QED) is 0.872. The minimum atomic E-state index is -0.373. The van der Waals surface area contributed by atoms with Crippen molar-refractivity contribution in [1.82, 2.24) is 9.80 Å². The monoisotopic (exact) mass is 301 g/mol. The van der Waals surface area contributed by atoms with E-state index in [0.717, 1.165) is 38.6 Å². The van der Waals surface area contributed by atoms with Gasteiger partial charge in [-0.3, -0.25) is 9.69 Å². The highest BCUT2D eigenvalue weighted by Gasteiger charge is 2.34. The van der Waals surface area contributed by atoms with Gasteiger partial charge < -0.3 is 10.6 Å². The van der Waals surface area contributed by atoms with E-state index in [9.17, 15) is 4.79 Å². The van der Waals surface area contributed by atoms with Crippen LogP contribution in [0, 0.1) is 5.92 Å². The summed E-state index contributed by atoms with van der Waals surface area (Å²) in [6.07, 6.45) is 3.75. The lowest BCUT2D eigenvalue weighted by atomic mass is 10.1. The number of rotatable bonds is 6. The van der Waals surface area contributed by atoms with Gasteiger partial charge in [-0.15, -0.1) is 0 Å². The van der Waals surface area contributed by atoms with Crippen LogP contribution < -0.4 is 5.73 Å². The van der Waals surface area contributed by atoms with E-state index >= 15 is 0 Å². The van der Waals surface area contributed by atoms with Crippen molar-refractivity contribution >= 4 is 5.91 Å². The Labute approximate surface area is 133 Å². The normalized spacial score (nSPS) is 23.0. The van der Waals surface area contributed by atoms with E-state index in [4.69, 9.17) is 5.73 Å². The van der Waals surface area contributed by atoms with Crippen molar-refractivity contribution in [1.29, 1.82) is 0 Å². The fourth-order valence-electron chi connectivity index (χ4n) is 3.40. The number of nitrogens with zero attached hydrogens (tertiary/aromatic N) is 2. The van der Waals surface area contributed by atoms with E-state index in [1.807, 2.05) is 4.90 Å². The van der Waals surface area contributed by atoms with Crippen LogP contribution in [-0.2, 0) is 11.3 Å². The van der Waals surface area contributed by atoms with E-state index in [1.165, 1.54) is 18.4 Å². The lowest BCUT2D eigenvalue weighted by Gasteiger charge is -2.26. The van der Waals surface area contributed by atoms with E-state index in [1.54, 1.807) is 6.92 Å². The predicted molar refractivity (Wildman–Crippen MR) is 88.2 cm³/mol. The van der Waals surface area contributed by atoms with E-state index in [2.05, 4.69) is 35.2 Å². The van der Waals surface area contributed by atoms with Gasteiger partial charge in [0.25, 0.3) is 0 Å². The van der Waals surface area contributed by atoms with Gasteiger partial charge >= 0.3 is 0 Å². The Kier molecular flexibility index (Phi) is 4.79. The van der Waals surface area contributed by atoms with Gasteiger partial charge in [0.1, 0.15) is 0 Å². The number of benzene rings is 1. The molecule has 4 nitrogen and oxygen atoms in total. The minimum Gasteiger partial charge on any atom is -0.341 e. The molecule has 1 saturated heterocycles. The molecule has 2 fully saturated rings. The van der Waals surface area contributed by atoms with Crippen molar-refractivity contribution in [2.75, 3.05) is 19.6 Å². The molecule has 0 bridgehead atoms.